The molecular weight excluding hydrogens is 378 g/mol. The van der Waals surface area contributed by atoms with Crippen molar-refractivity contribution < 1.29 is 19.1 Å². The predicted molar refractivity (Wildman–Crippen MR) is 118 cm³/mol. The average Bonchev–Trinajstić information content (AvgIpc) is 2.70. The molecule has 2 rings (SSSR count). The number of hydrogen-bond donors (Lipinski definition) is 0. The number of nitrogens with zero attached hydrogens (tertiary/aromatic N) is 1. The second-order valence-corrected chi connectivity index (χ2v) is 7.99. The van der Waals surface area contributed by atoms with Crippen molar-refractivity contribution in [1.29, 1.82) is 0 Å². The van der Waals surface area contributed by atoms with Crippen LogP contribution in [0.4, 0.5) is 0 Å². The van der Waals surface area contributed by atoms with Crippen molar-refractivity contribution in [1.82, 2.24) is 4.90 Å². The third-order valence-corrected chi connectivity index (χ3v) is 4.24. The lowest BCUT2D eigenvalue weighted by molar-refractivity contribution is -0.163. The molecule has 1 amide bonds. The minimum atomic E-state index is -0.973. The van der Waals surface area contributed by atoms with E-state index in [-0.39, 0.29) is 5.91 Å². The summed E-state index contributed by atoms with van der Waals surface area (Å²) in [5.74, 6) is -2.19. The number of carbonyl (C=O) groups excluding carboxylic acids is 3. The number of rotatable bonds is 9. The summed E-state index contributed by atoms with van der Waals surface area (Å²) in [5, 5.41) is 0. The van der Waals surface area contributed by atoms with Crippen LogP contribution in [0.3, 0.4) is 0 Å². The summed E-state index contributed by atoms with van der Waals surface area (Å²) < 4.78 is 5.08. The van der Waals surface area contributed by atoms with Crippen LogP contribution in [0, 0.1) is 0 Å². The second-order valence-electron chi connectivity index (χ2n) is 7.99. The van der Waals surface area contributed by atoms with Crippen molar-refractivity contribution in [2.45, 2.75) is 39.2 Å². The highest BCUT2D eigenvalue weighted by Crippen LogP contribution is 2.10. The van der Waals surface area contributed by atoms with Crippen LogP contribution in [0.5, 0.6) is 0 Å². The Kier molecular flexibility index (Phi) is 8.54. The Labute approximate surface area is 178 Å². The van der Waals surface area contributed by atoms with Gasteiger partial charge in [0.05, 0.1) is 6.42 Å². The molecule has 0 aliphatic carbocycles. The van der Waals surface area contributed by atoms with E-state index in [1.807, 2.05) is 72.8 Å². The SMILES string of the molecule is CC(C)(C)OC(=O)C(=O)CC(=O)N(C/C=C/c1ccccc1)CCc1ccccc1. The molecule has 30 heavy (non-hydrogen) atoms. The summed E-state index contributed by atoms with van der Waals surface area (Å²) in [5.41, 5.74) is 1.35. The molecule has 0 N–H and O–H groups in total. The van der Waals surface area contributed by atoms with Crippen molar-refractivity contribution in [2.24, 2.45) is 0 Å². The summed E-state index contributed by atoms with van der Waals surface area (Å²) in [4.78, 5) is 38.4. The predicted octanol–water partition coefficient (Wildman–Crippen LogP) is 4.07. The first-order chi connectivity index (χ1) is 14.2. The van der Waals surface area contributed by atoms with Gasteiger partial charge in [-0.3, -0.25) is 9.59 Å². The Morgan fingerprint density at radius 3 is 2.13 bits per heavy atom. The van der Waals surface area contributed by atoms with E-state index in [9.17, 15) is 14.4 Å². The van der Waals surface area contributed by atoms with Gasteiger partial charge in [-0.05, 0) is 38.3 Å². The number of Topliss-reactive ketones (excluding diaryl/α,β-unsaturated/α-hetero) is 1. The first-order valence-electron chi connectivity index (χ1n) is 10.0. The lowest BCUT2D eigenvalue weighted by Gasteiger charge is -2.22. The normalized spacial score (nSPS) is 11.3. The summed E-state index contributed by atoms with van der Waals surface area (Å²) in [6.07, 6.45) is 3.98. The molecule has 0 radical (unpaired) electrons. The maximum absolute atomic E-state index is 12.8. The van der Waals surface area contributed by atoms with Gasteiger partial charge in [-0.15, -0.1) is 0 Å². The molecule has 0 aliphatic heterocycles. The second kappa shape index (κ2) is 11.1. The fourth-order valence-corrected chi connectivity index (χ4v) is 2.76. The van der Waals surface area contributed by atoms with E-state index in [1.165, 1.54) is 0 Å². The Hall–Kier alpha value is -3.21. The van der Waals surface area contributed by atoms with Crippen LogP contribution in [-0.4, -0.2) is 41.3 Å². The zero-order valence-corrected chi connectivity index (χ0v) is 17.8. The van der Waals surface area contributed by atoms with Gasteiger partial charge >= 0.3 is 5.97 Å². The molecule has 158 valence electrons. The minimum absolute atomic E-state index is 0.349. The van der Waals surface area contributed by atoms with Gasteiger partial charge in [0.2, 0.25) is 11.7 Å². The monoisotopic (exact) mass is 407 g/mol. The van der Waals surface area contributed by atoms with E-state index in [0.29, 0.717) is 19.5 Å². The van der Waals surface area contributed by atoms with Gasteiger partial charge in [0.25, 0.3) is 0 Å². The molecule has 0 bridgehead atoms. The Morgan fingerprint density at radius 1 is 0.933 bits per heavy atom. The molecule has 0 aromatic heterocycles. The van der Waals surface area contributed by atoms with E-state index < -0.39 is 23.8 Å². The van der Waals surface area contributed by atoms with Crippen molar-refractivity contribution in [3.05, 3.63) is 77.9 Å². The molecule has 2 aromatic rings. The largest absolute Gasteiger partial charge is 0.454 e. The van der Waals surface area contributed by atoms with Gasteiger partial charge in [0.1, 0.15) is 5.60 Å². The third-order valence-electron chi connectivity index (χ3n) is 4.24. The van der Waals surface area contributed by atoms with Crippen LogP contribution < -0.4 is 0 Å². The van der Waals surface area contributed by atoms with Crippen molar-refractivity contribution in [3.63, 3.8) is 0 Å². The smallest absolute Gasteiger partial charge is 0.375 e. The molecular formula is C25H29NO4. The van der Waals surface area contributed by atoms with Gasteiger partial charge in [0.15, 0.2) is 0 Å². The average molecular weight is 408 g/mol. The first-order valence-corrected chi connectivity index (χ1v) is 10.0. The number of carbonyl (C=O) groups is 3. The highest BCUT2D eigenvalue weighted by molar-refractivity contribution is 6.37. The number of amides is 1. The van der Waals surface area contributed by atoms with Crippen LogP contribution in [0.1, 0.15) is 38.3 Å². The highest BCUT2D eigenvalue weighted by Gasteiger charge is 2.26. The van der Waals surface area contributed by atoms with E-state index in [4.69, 9.17) is 4.74 Å². The minimum Gasteiger partial charge on any atom is -0.454 e. The van der Waals surface area contributed by atoms with Gasteiger partial charge in [-0.2, -0.15) is 0 Å². The first kappa shape index (κ1) is 23.1. The fraction of sp³-hybridized carbons (Fsp3) is 0.320. The lowest BCUT2D eigenvalue weighted by atomic mass is 10.1. The molecule has 0 spiro atoms. The van der Waals surface area contributed by atoms with Gasteiger partial charge in [-0.1, -0.05) is 72.8 Å². The third kappa shape index (κ3) is 8.43. The van der Waals surface area contributed by atoms with Gasteiger partial charge in [0, 0.05) is 13.1 Å². The highest BCUT2D eigenvalue weighted by atomic mass is 16.6. The zero-order chi connectivity index (χ0) is 22.0. The Bertz CT molecular complexity index is 867. The maximum Gasteiger partial charge on any atom is 0.375 e. The summed E-state index contributed by atoms with van der Waals surface area (Å²) in [6, 6.07) is 19.6. The number of hydrogen-bond acceptors (Lipinski definition) is 4. The number of esters is 1. The molecule has 0 unspecified atom stereocenters. The molecule has 0 saturated carbocycles. The maximum atomic E-state index is 12.8. The van der Waals surface area contributed by atoms with E-state index in [2.05, 4.69) is 0 Å². The summed E-state index contributed by atoms with van der Waals surface area (Å²) in [7, 11) is 0. The van der Waals surface area contributed by atoms with Crippen LogP contribution in [0.25, 0.3) is 6.08 Å². The van der Waals surface area contributed by atoms with Crippen LogP contribution in [0.2, 0.25) is 0 Å². The standard InChI is InChI=1S/C25H29NO4/c1-25(2,3)30-24(29)22(27)19-23(28)26(18-16-21-13-8-5-9-14-21)17-10-15-20-11-6-4-7-12-20/h4-15H,16-19H2,1-3H3/b15-10+. The molecule has 2 aromatic carbocycles. The number of benzene rings is 2. The zero-order valence-electron chi connectivity index (χ0n) is 17.8. The van der Waals surface area contributed by atoms with Crippen molar-refractivity contribution in [2.75, 3.05) is 13.1 Å². The van der Waals surface area contributed by atoms with E-state index in [0.717, 1.165) is 11.1 Å². The van der Waals surface area contributed by atoms with Crippen LogP contribution >= 0.6 is 0 Å². The van der Waals surface area contributed by atoms with Gasteiger partial charge < -0.3 is 9.64 Å². The molecule has 0 saturated heterocycles. The van der Waals surface area contributed by atoms with E-state index >= 15 is 0 Å². The van der Waals surface area contributed by atoms with Crippen LogP contribution in [-0.2, 0) is 25.5 Å². The van der Waals surface area contributed by atoms with Crippen molar-refractivity contribution >= 4 is 23.7 Å². The van der Waals surface area contributed by atoms with E-state index in [1.54, 1.807) is 25.7 Å². The summed E-state index contributed by atoms with van der Waals surface area (Å²) >= 11 is 0. The lowest BCUT2D eigenvalue weighted by Crippen LogP contribution is -2.37. The Morgan fingerprint density at radius 2 is 1.53 bits per heavy atom. The molecule has 5 heteroatoms. The van der Waals surface area contributed by atoms with Crippen LogP contribution in [0.15, 0.2) is 66.7 Å². The van der Waals surface area contributed by atoms with Crippen molar-refractivity contribution in [3.8, 4) is 0 Å². The molecule has 0 fully saturated rings. The molecule has 0 atom stereocenters. The fourth-order valence-electron chi connectivity index (χ4n) is 2.76. The molecule has 5 nitrogen and oxygen atoms in total. The Balaban J connectivity index is 2.02. The summed E-state index contributed by atoms with van der Waals surface area (Å²) in [6.45, 7) is 5.84. The van der Waals surface area contributed by atoms with Gasteiger partial charge in [-0.25, -0.2) is 4.79 Å². The molecule has 0 aliphatic rings. The number of ketones is 1. The topological polar surface area (TPSA) is 63.7 Å². The quantitative estimate of drug-likeness (QED) is 0.357. The molecule has 0 heterocycles. The number of ether oxygens (including phenoxy) is 1.